The third kappa shape index (κ3) is 2.26. The van der Waals surface area contributed by atoms with Crippen molar-refractivity contribution in [3.05, 3.63) is 29.6 Å². The largest absolute Gasteiger partial charge is 0.392 e. The second kappa shape index (κ2) is 3.43. The first-order valence-electron chi connectivity index (χ1n) is 3.54. The molecule has 0 saturated carbocycles. The van der Waals surface area contributed by atoms with Gasteiger partial charge >= 0.3 is 0 Å². The van der Waals surface area contributed by atoms with Crippen molar-refractivity contribution >= 4 is 9.84 Å². The standard InChI is InChI=1S/C8H9FO3S/c1-13(11,12)8-3-2-7(9)4-6(8)5-10/h2-4,10H,5H2,1H3. The minimum Gasteiger partial charge on any atom is -0.392 e. The molecule has 0 aliphatic carbocycles. The Bertz CT molecular complexity index is 411. The highest BCUT2D eigenvalue weighted by Crippen LogP contribution is 2.16. The number of hydrogen-bond donors (Lipinski definition) is 1. The van der Waals surface area contributed by atoms with Crippen molar-refractivity contribution in [3.8, 4) is 0 Å². The molecule has 0 amide bonds. The van der Waals surface area contributed by atoms with E-state index in [4.69, 9.17) is 5.11 Å². The molecule has 0 spiro atoms. The molecule has 1 aromatic rings. The molecule has 1 rings (SSSR count). The Hall–Kier alpha value is -0.940. The zero-order valence-electron chi connectivity index (χ0n) is 6.99. The number of aliphatic hydroxyl groups is 1. The Kier molecular flexibility index (Phi) is 2.68. The second-order valence-electron chi connectivity index (χ2n) is 2.68. The summed E-state index contributed by atoms with van der Waals surface area (Å²) in [5.74, 6) is -0.559. The quantitative estimate of drug-likeness (QED) is 0.722. The number of sulfone groups is 1. The Morgan fingerprint density at radius 3 is 2.54 bits per heavy atom. The van der Waals surface area contributed by atoms with E-state index in [9.17, 15) is 12.8 Å². The van der Waals surface area contributed by atoms with Crippen LogP contribution < -0.4 is 0 Å². The number of benzene rings is 1. The molecule has 1 N–H and O–H groups in total. The Balaban J connectivity index is 3.39. The van der Waals surface area contributed by atoms with Crippen LogP contribution >= 0.6 is 0 Å². The summed E-state index contributed by atoms with van der Waals surface area (Å²) < 4.78 is 34.8. The van der Waals surface area contributed by atoms with E-state index in [1.807, 2.05) is 0 Å². The first kappa shape index (κ1) is 10.1. The SMILES string of the molecule is CS(=O)(=O)c1ccc(F)cc1CO. The van der Waals surface area contributed by atoms with E-state index in [2.05, 4.69) is 0 Å². The lowest BCUT2D eigenvalue weighted by Gasteiger charge is -2.04. The number of hydrogen-bond acceptors (Lipinski definition) is 3. The summed E-state index contributed by atoms with van der Waals surface area (Å²) in [6.07, 6.45) is 1.01. The number of rotatable bonds is 2. The van der Waals surface area contributed by atoms with Crippen LogP contribution in [0.25, 0.3) is 0 Å². The average molecular weight is 204 g/mol. The third-order valence-corrected chi connectivity index (χ3v) is 2.79. The van der Waals surface area contributed by atoms with Gasteiger partial charge in [-0.05, 0) is 23.8 Å². The average Bonchev–Trinajstić information content (AvgIpc) is 2.01. The minimum atomic E-state index is -3.39. The molecule has 0 unspecified atom stereocenters. The van der Waals surface area contributed by atoms with Gasteiger partial charge in [-0.25, -0.2) is 12.8 Å². The number of halogens is 1. The summed E-state index contributed by atoms with van der Waals surface area (Å²) in [5.41, 5.74) is 0.0856. The highest BCUT2D eigenvalue weighted by molar-refractivity contribution is 7.90. The first-order valence-corrected chi connectivity index (χ1v) is 5.43. The van der Waals surface area contributed by atoms with Gasteiger partial charge in [0.1, 0.15) is 5.82 Å². The van der Waals surface area contributed by atoms with E-state index in [1.54, 1.807) is 0 Å². The molecular formula is C8H9FO3S. The number of aliphatic hydroxyl groups excluding tert-OH is 1. The fourth-order valence-electron chi connectivity index (χ4n) is 1.03. The maximum Gasteiger partial charge on any atom is 0.175 e. The zero-order chi connectivity index (χ0) is 10.1. The topological polar surface area (TPSA) is 54.4 Å². The normalized spacial score (nSPS) is 11.6. The van der Waals surface area contributed by atoms with Crippen molar-refractivity contribution in [1.29, 1.82) is 0 Å². The van der Waals surface area contributed by atoms with Crippen LogP contribution in [0.4, 0.5) is 4.39 Å². The smallest absolute Gasteiger partial charge is 0.175 e. The van der Waals surface area contributed by atoms with Gasteiger partial charge in [-0.2, -0.15) is 0 Å². The van der Waals surface area contributed by atoms with Crippen LogP contribution in [0.3, 0.4) is 0 Å². The van der Waals surface area contributed by atoms with Gasteiger partial charge in [-0.1, -0.05) is 0 Å². The maximum atomic E-state index is 12.6. The Morgan fingerprint density at radius 1 is 1.46 bits per heavy atom. The van der Waals surface area contributed by atoms with Crippen LogP contribution in [0.2, 0.25) is 0 Å². The summed E-state index contributed by atoms with van der Waals surface area (Å²) in [4.78, 5) is -0.0311. The summed E-state index contributed by atoms with van der Waals surface area (Å²) in [6.45, 7) is -0.486. The fraction of sp³-hybridized carbons (Fsp3) is 0.250. The van der Waals surface area contributed by atoms with Crippen LogP contribution in [0.1, 0.15) is 5.56 Å². The molecule has 0 aliphatic rings. The van der Waals surface area contributed by atoms with Gasteiger partial charge in [0.25, 0.3) is 0 Å². The third-order valence-electron chi connectivity index (χ3n) is 1.59. The van der Waals surface area contributed by atoms with Crippen molar-refractivity contribution in [3.63, 3.8) is 0 Å². The predicted octanol–water partition coefficient (Wildman–Crippen LogP) is 0.722. The van der Waals surface area contributed by atoms with Crippen LogP contribution in [0.5, 0.6) is 0 Å². The molecule has 0 aliphatic heterocycles. The molecular weight excluding hydrogens is 195 g/mol. The fourth-order valence-corrected chi connectivity index (χ4v) is 1.95. The van der Waals surface area contributed by atoms with Gasteiger partial charge < -0.3 is 5.11 Å². The Morgan fingerprint density at radius 2 is 2.08 bits per heavy atom. The zero-order valence-corrected chi connectivity index (χ0v) is 7.81. The first-order chi connectivity index (χ1) is 5.95. The molecule has 72 valence electrons. The summed E-state index contributed by atoms with van der Waals surface area (Å²) >= 11 is 0. The highest BCUT2D eigenvalue weighted by atomic mass is 32.2. The molecule has 3 nitrogen and oxygen atoms in total. The van der Waals surface area contributed by atoms with Crippen LogP contribution in [0.15, 0.2) is 23.1 Å². The van der Waals surface area contributed by atoms with Gasteiger partial charge in [-0.3, -0.25) is 0 Å². The van der Waals surface area contributed by atoms with E-state index in [0.717, 1.165) is 24.5 Å². The van der Waals surface area contributed by atoms with Crippen molar-refractivity contribution < 1.29 is 17.9 Å². The lowest BCUT2D eigenvalue weighted by molar-refractivity contribution is 0.278. The molecule has 0 heterocycles. The molecule has 0 atom stereocenters. The molecule has 0 radical (unpaired) electrons. The maximum absolute atomic E-state index is 12.6. The van der Waals surface area contributed by atoms with Crippen molar-refractivity contribution in [1.82, 2.24) is 0 Å². The van der Waals surface area contributed by atoms with Gasteiger partial charge in [0.15, 0.2) is 9.84 Å². The lowest BCUT2D eigenvalue weighted by Crippen LogP contribution is -2.02. The van der Waals surface area contributed by atoms with E-state index in [0.29, 0.717) is 0 Å². The van der Waals surface area contributed by atoms with Crippen molar-refractivity contribution in [2.75, 3.05) is 6.26 Å². The van der Waals surface area contributed by atoms with Gasteiger partial charge in [-0.15, -0.1) is 0 Å². The van der Waals surface area contributed by atoms with Gasteiger partial charge in [0, 0.05) is 6.26 Å². The monoisotopic (exact) mass is 204 g/mol. The van der Waals surface area contributed by atoms with E-state index in [-0.39, 0.29) is 10.5 Å². The molecule has 0 aromatic heterocycles. The van der Waals surface area contributed by atoms with Gasteiger partial charge in [0.05, 0.1) is 11.5 Å². The summed E-state index contributed by atoms with van der Waals surface area (Å²) in [5, 5.41) is 8.78. The molecule has 0 saturated heterocycles. The Labute approximate surface area is 75.7 Å². The predicted molar refractivity (Wildman–Crippen MR) is 45.4 cm³/mol. The molecule has 0 fully saturated rings. The van der Waals surface area contributed by atoms with Crippen LogP contribution in [-0.2, 0) is 16.4 Å². The van der Waals surface area contributed by atoms with Crippen molar-refractivity contribution in [2.45, 2.75) is 11.5 Å². The molecule has 1 aromatic carbocycles. The second-order valence-corrected chi connectivity index (χ2v) is 4.67. The van der Waals surface area contributed by atoms with Crippen LogP contribution in [-0.4, -0.2) is 19.8 Å². The summed E-state index contributed by atoms with van der Waals surface area (Å²) in [7, 11) is -3.39. The van der Waals surface area contributed by atoms with E-state index >= 15 is 0 Å². The van der Waals surface area contributed by atoms with E-state index < -0.39 is 22.3 Å². The van der Waals surface area contributed by atoms with Gasteiger partial charge in [0.2, 0.25) is 0 Å². The van der Waals surface area contributed by atoms with E-state index in [1.165, 1.54) is 0 Å². The van der Waals surface area contributed by atoms with Crippen LogP contribution in [0, 0.1) is 5.82 Å². The highest BCUT2D eigenvalue weighted by Gasteiger charge is 2.12. The lowest BCUT2D eigenvalue weighted by atomic mass is 10.2. The minimum absolute atomic E-state index is 0.0311. The van der Waals surface area contributed by atoms with Crippen molar-refractivity contribution in [2.24, 2.45) is 0 Å². The molecule has 0 bridgehead atoms. The molecule has 13 heavy (non-hydrogen) atoms. The molecule has 5 heteroatoms. The summed E-state index contributed by atoms with van der Waals surface area (Å²) in [6, 6.07) is 3.21.